The van der Waals surface area contributed by atoms with Gasteiger partial charge in [0.2, 0.25) is 0 Å². The van der Waals surface area contributed by atoms with E-state index < -0.39 is 0 Å². The number of likely N-dealkylation sites (tertiary alicyclic amines) is 1. The molecule has 0 saturated carbocycles. The minimum Gasteiger partial charge on any atom is -0.381 e. The van der Waals surface area contributed by atoms with E-state index in [1.165, 1.54) is 11.3 Å². The number of nitrogens with zero attached hydrogens (tertiary/aromatic N) is 5. The van der Waals surface area contributed by atoms with E-state index in [4.69, 9.17) is 14.7 Å². The Hall–Kier alpha value is -2.48. The van der Waals surface area contributed by atoms with Crippen LogP contribution in [0, 0.1) is 6.92 Å². The van der Waals surface area contributed by atoms with Crippen molar-refractivity contribution in [1.82, 2.24) is 24.8 Å². The molecule has 2 aromatic heterocycles. The van der Waals surface area contributed by atoms with Crippen LogP contribution >= 0.6 is 0 Å². The molecule has 4 heterocycles. The molecule has 2 aliphatic heterocycles. The highest BCUT2D eigenvalue weighted by molar-refractivity contribution is 5.89. The first kappa shape index (κ1) is 21.4. The maximum atomic E-state index is 5.88. The molecule has 1 N–H and O–H groups in total. The third kappa shape index (κ3) is 3.89. The fraction of sp³-hybridized carbons (Fsp3) is 0.520. The number of likely N-dealkylation sites (N-methyl/N-ethyl adjacent to an activating group) is 1. The zero-order valence-corrected chi connectivity index (χ0v) is 19.6. The lowest BCUT2D eigenvalue weighted by molar-refractivity contribution is -0.0155. The van der Waals surface area contributed by atoms with E-state index in [0.29, 0.717) is 0 Å². The third-order valence-electron chi connectivity index (χ3n) is 7.32. The Bertz CT molecular complexity index is 1070. The van der Waals surface area contributed by atoms with Crippen molar-refractivity contribution in [3.63, 3.8) is 0 Å². The second-order valence-corrected chi connectivity index (χ2v) is 9.32. The minimum atomic E-state index is 0.146. The number of piperazine rings is 1. The molecule has 0 amide bonds. The van der Waals surface area contributed by atoms with Gasteiger partial charge in [0.05, 0.1) is 35.1 Å². The monoisotopic (exact) mass is 434 g/mol. The van der Waals surface area contributed by atoms with Gasteiger partial charge in [0.15, 0.2) is 0 Å². The van der Waals surface area contributed by atoms with Gasteiger partial charge in [0.1, 0.15) is 11.3 Å². The molecule has 0 radical (unpaired) electrons. The Balaban J connectivity index is 1.49. The largest absolute Gasteiger partial charge is 0.381 e. The summed E-state index contributed by atoms with van der Waals surface area (Å²) in [5.41, 5.74) is 5.77. The first-order valence-electron chi connectivity index (χ1n) is 11.6. The van der Waals surface area contributed by atoms with Gasteiger partial charge in [-0.05, 0) is 57.6 Å². The number of benzene rings is 1. The Morgan fingerprint density at radius 2 is 1.78 bits per heavy atom. The summed E-state index contributed by atoms with van der Waals surface area (Å²) < 4.78 is 5.88. The van der Waals surface area contributed by atoms with Gasteiger partial charge >= 0.3 is 0 Å². The number of aromatic amines is 1. The van der Waals surface area contributed by atoms with Crippen LogP contribution in [0.15, 0.2) is 36.5 Å². The van der Waals surface area contributed by atoms with Gasteiger partial charge in [0.25, 0.3) is 0 Å². The van der Waals surface area contributed by atoms with Crippen molar-refractivity contribution in [1.29, 1.82) is 0 Å². The third-order valence-corrected chi connectivity index (χ3v) is 7.32. The highest BCUT2D eigenvalue weighted by Crippen LogP contribution is 2.41. The Kier molecular flexibility index (Phi) is 5.88. The van der Waals surface area contributed by atoms with E-state index in [2.05, 4.69) is 65.0 Å². The lowest BCUT2D eigenvalue weighted by atomic mass is 9.89. The number of hydrogen-bond donors (Lipinski definition) is 1. The lowest BCUT2D eigenvalue weighted by Gasteiger charge is -2.42. The Morgan fingerprint density at radius 1 is 1.00 bits per heavy atom. The number of aromatic nitrogens is 3. The van der Waals surface area contributed by atoms with E-state index in [9.17, 15) is 0 Å². The van der Waals surface area contributed by atoms with E-state index in [0.717, 1.165) is 61.6 Å². The molecule has 3 aromatic rings. The van der Waals surface area contributed by atoms with Crippen LogP contribution in [0.2, 0.25) is 0 Å². The van der Waals surface area contributed by atoms with Gasteiger partial charge in [-0.15, -0.1) is 0 Å². The summed E-state index contributed by atoms with van der Waals surface area (Å²) in [5.74, 6) is 1.02. The van der Waals surface area contributed by atoms with Crippen molar-refractivity contribution in [3.8, 4) is 0 Å². The molecule has 2 saturated heterocycles. The summed E-state index contributed by atoms with van der Waals surface area (Å²) in [6.07, 6.45) is 3.92. The first-order chi connectivity index (χ1) is 15.5. The van der Waals surface area contributed by atoms with Crippen molar-refractivity contribution in [2.75, 3.05) is 52.3 Å². The molecule has 2 fully saturated rings. The second kappa shape index (κ2) is 8.81. The summed E-state index contributed by atoms with van der Waals surface area (Å²) in [4.78, 5) is 20.8. The molecule has 3 atom stereocenters. The van der Waals surface area contributed by atoms with Gasteiger partial charge in [-0.1, -0.05) is 12.1 Å². The average molecular weight is 435 g/mol. The van der Waals surface area contributed by atoms with Gasteiger partial charge in [-0.3, -0.25) is 9.88 Å². The quantitative estimate of drug-likeness (QED) is 0.678. The number of piperidine rings is 1. The molecule has 5 rings (SSSR count). The summed E-state index contributed by atoms with van der Waals surface area (Å²) >= 11 is 0. The number of aryl methyl sites for hydroxylation is 1. The van der Waals surface area contributed by atoms with Crippen LogP contribution in [-0.2, 0) is 4.74 Å². The number of ether oxygens (including phenoxy) is 1. The molecule has 7 nitrogen and oxygen atoms in total. The maximum absolute atomic E-state index is 5.88. The van der Waals surface area contributed by atoms with Crippen LogP contribution < -0.4 is 4.90 Å². The molecule has 2 aliphatic rings. The molecule has 0 aliphatic carbocycles. The van der Waals surface area contributed by atoms with Gasteiger partial charge in [0, 0.05) is 39.5 Å². The molecule has 0 unspecified atom stereocenters. The number of nitrogens with one attached hydrogen (secondary N) is 1. The highest BCUT2D eigenvalue weighted by atomic mass is 16.5. The molecule has 0 bridgehead atoms. The number of para-hydroxylation sites is 1. The fourth-order valence-corrected chi connectivity index (χ4v) is 5.29. The molecule has 170 valence electrons. The Morgan fingerprint density at radius 3 is 2.53 bits per heavy atom. The fourth-order valence-electron chi connectivity index (χ4n) is 5.29. The van der Waals surface area contributed by atoms with Crippen LogP contribution in [0.25, 0.3) is 11.0 Å². The standard InChI is InChI=1S/C25H34N6O/c1-17-7-6-10-26-23(17)21-15-18(32-4)16-22(30(21)3)25-27-19-8-5-9-20(24(19)28-25)31-13-11-29(2)12-14-31/h5-10,18,21-22H,11-16H2,1-4H3,(H,27,28)/t18-,21-,22+/m0/s1. The van der Waals surface area contributed by atoms with Crippen molar-refractivity contribution >= 4 is 16.7 Å². The van der Waals surface area contributed by atoms with Crippen LogP contribution in [0.1, 0.15) is 42.0 Å². The second-order valence-electron chi connectivity index (χ2n) is 9.32. The van der Waals surface area contributed by atoms with E-state index in [1.807, 2.05) is 19.4 Å². The van der Waals surface area contributed by atoms with Gasteiger partial charge in [-0.25, -0.2) is 4.98 Å². The number of imidazole rings is 1. The number of rotatable bonds is 4. The predicted octanol–water partition coefficient (Wildman–Crippen LogP) is 3.54. The van der Waals surface area contributed by atoms with Crippen molar-refractivity contribution in [3.05, 3.63) is 53.6 Å². The lowest BCUT2D eigenvalue weighted by Crippen LogP contribution is -2.44. The number of methoxy groups -OCH3 is 1. The molecular formula is C25H34N6O. The summed E-state index contributed by atoms with van der Waals surface area (Å²) in [6, 6.07) is 11.0. The number of pyridine rings is 1. The van der Waals surface area contributed by atoms with Crippen molar-refractivity contribution in [2.45, 2.75) is 38.0 Å². The Labute approximate surface area is 190 Å². The van der Waals surface area contributed by atoms with Crippen molar-refractivity contribution in [2.24, 2.45) is 0 Å². The minimum absolute atomic E-state index is 0.146. The molecule has 7 heteroatoms. The number of anilines is 1. The zero-order valence-electron chi connectivity index (χ0n) is 19.6. The molecule has 1 aromatic carbocycles. The summed E-state index contributed by atoms with van der Waals surface area (Å²) in [6.45, 7) is 6.38. The molecule has 32 heavy (non-hydrogen) atoms. The summed E-state index contributed by atoms with van der Waals surface area (Å²) in [5, 5.41) is 0. The maximum Gasteiger partial charge on any atom is 0.124 e. The average Bonchev–Trinajstić information content (AvgIpc) is 3.25. The zero-order chi connectivity index (χ0) is 22.2. The SMILES string of the molecule is CO[C@@H]1C[C@H](c2nc3c(N4CCN(C)CC4)cccc3[nH]2)N(C)[C@H](c2ncccc2C)C1. The number of hydrogen-bond acceptors (Lipinski definition) is 6. The molecular weight excluding hydrogens is 400 g/mol. The first-order valence-corrected chi connectivity index (χ1v) is 11.6. The van der Waals surface area contributed by atoms with Crippen LogP contribution in [-0.4, -0.2) is 78.2 Å². The van der Waals surface area contributed by atoms with E-state index >= 15 is 0 Å². The van der Waals surface area contributed by atoms with Crippen molar-refractivity contribution < 1.29 is 4.74 Å². The summed E-state index contributed by atoms with van der Waals surface area (Å²) in [7, 11) is 6.21. The van der Waals surface area contributed by atoms with Crippen LogP contribution in [0.4, 0.5) is 5.69 Å². The van der Waals surface area contributed by atoms with E-state index in [-0.39, 0.29) is 18.2 Å². The normalized spacial score (nSPS) is 25.5. The number of fused-ring (bicyclic) bond motifs is 1. The van der Waals surface area contributed by atoms with Crippen LogP contribution in [0.3, 0.4) is 0 Å². The van der Waals surface area contributed by atoms with Gasteiger partial charge in [-0.2, -0.15) is 0 Å². The topological polar surface area (TPSA) is 60.5 Å². The predicted molar refractivity (Wildman–Crippen MR) is 128 cm³/mol. The molecule has 0 spiro atoms. The smallest absolute Gasteiger partial charge is 0.124 e. The van der Waals surface area contributed by atoms with E-state index in [1.54, 1.807) is 0 Å². The highest BCUT2D eigenvalue weighted by Gasteiger charge is 2.38. The van der Waals surface area contributed by atoms with Gasteiger partial charge < -0.3 is 19.5 Å². The van der Waals surface area contributed by atoms with Crippen LogP contribution in [0.5, 0.6) is 0 Å². The number of H-pyrrole nitrogens is 1.